The molecular weight excluding hydrogens is 166 g/mol. The van der Waals surface area contributed by atoms with E-state index >= 15 is 0 Å². The van der Waals surface area contributed by atoms with Crippen LogP contribution in [-0.2, 0) is 0 Å². The van der Waals surface area contributed by atoms with E-state index in [1.165, 1.54) is 19.3 Å². The van der Waals surface area contributed by atoms with Gasteiger partial charge in [0, 0.05) is 17.8 Å². The van der Waals surface area contributed by atoms with Crippen LogP contribution >= 0.6 is 11.8 Å². The number of thioether (sulfide) groups is 1. The predicted molar refractivity (Wildman–Crippen MR) is 60.0 cm³/mol. The third-order valence-corrected chi connectivity index (χ3v) is 3.12. The zero-order valence-electron chi connectivity index (χ0n) is 8.89. The van der Waals surface area contributed by atoms with Crippen LogP contribution in [0.4, 0.5) is 0 Å². The third-order valence-electron chi connectivity index (χ3n) is 2.15. The summed E-state index contributed by atoms with van der Waals surface area (Å²) in [5, 5.41) is 4.29. The minimum Gasteiger partial charge on any atom is -0.313 e. The molecule has 0 aromatic carbocycles. The fourth-order valence-electron chi connectivity index (χ4n) is 1.06. The normalized spacial score (nSPS) is 16.0. The van der Waals surface area contributed by atoms with Crippen LogP contribution in [-0.4, -0.2) is 24.1 Å². The molecule has 0 aliphatic carbocycles. The van der Waals surface area contributed by atoms with Gasteiger partial charge in [0.05, 0.1) is 0 Å². The van der Waals surface area contributed by atoms with E-state index in [0.717, 1.165) is 11.8 Å². The Hall–Kier alpha value is 0.310. The first-order valence-corrected chi connectivity index (χ1v) is 6.25. The molecule has 0 rings (SSSR count). The average molecular weight is 189 g/mol. The largest absolute Gasteiger partial charge is 0.313 e. The zero-order valence-corrected chi connectivity index (χ0v) is 9.71. The quantitative estimate of drug-likeness (QED) is 0.661. The van der Waals surface area contributed by atoms with E-state index in [-0.39, 0.29) is 0 Å². The molecule has 1 N–H and O–H groups in total. The Bertz CT molecular complexity index is 95.8. The maximum absolute atomic E-state index is 3.55. The van der Waals surface area contributed by atoms with Gasteiger partial charge in [-0.25, -0.2) is 0 Å². The van der Waals surface area contributed by atoms with Crippen LogP contribution in [0.15, 0.2) is 0 Å². The van der Waals surface area contributed by atoms with E-state index in [0.29, 0.717) is 6.04 Å². The second-order valence-corrected chi connectivity index (χ2v) is 4.77. The zero-order chi connectivity index (χ0) is 9.40. The van der Waals surface area contributed by atoms with Crippen molar-refractivity contribution in [2.45, 2.75) is 51.3 Å². The van der Waals surface area contributed by atoms with Gasteiger partial charge in [-0.1, -0.05) is 26.7 Å². The van der Waals surface area contributed by atoms with Crippen molar-refractivity contribution < 1.29 is 0 Å². The number of hydrogen-bond donors (Lipinski definition) is 1. The van der Waals surface area contributed by atoms with Crippen molar-refractivity contribution in [1.82, 2.24) is 5.32 Å². The van der Waals surface area contributed by atoms with Crippen LogP contribution in [0.1, 0.15) is 40.0 Å². The van der Waals surface area contributed by atoms with E-state index in [1.807, 2.05) is 11.8 Å². The van der Waals surface area contributed by atoms with Gasteiger partial charge in [-0.05, 0) is 19.6 Å². The summed E-state index contributed by atoms with van der Waals surface area (Å²) in [6, 6.07) is 0.694. The number of unbranched alkanes of at least 4 members (excludes halogenated alkanes) is 1. The summed E-state index contributed by atoms with van der Waals surface area (Å²) >= 11 is 1.93. The summed E-state index contributed by atoms with van der Waals surface area (Å²) in [4.78, 5) is 0. The standard InChI is InChI=1S/C10H23NS/c1-5-6-7-9(2)11-8-10(3)12-4/h9-11H,5-8H2,1-4H3. The lowest BCUT2D eigenvalue weighted by Gasteiger charge is -2.15. The van der Waals surface area contributed by atoms with Gasteiger partial charge >= 0.3 is 0 Å². The molecular formula is C10H23NS. The van der Waals surface area contributed by atoms with Crippen LogP contribution < -0.4 is 5.32 Å². The second kappa shape index (κ2) is 7.93. The minimum absolute atomic E-state index is 0.694. The first-order chi connectivity index (χ1) is 5.70. The van der Waals surface area contributed by atoms with Crippen LogP contribution in [0.3, 0.4) is 0 Å². The number of nitrogens with one attached hydrogen (secondary N) is 1. The molecule has 0 fully saturated rings. The summed E-state index contributed by atoms with van der Waals surface area (Å²) in [5.74, 6) is 0. The highest BCUT2D eigenvalue weighted by Gasteiger charge is 2.02. The summed E-state index contributed by atoms with van der Waals surface area (Å²) < 4.78 is 0. The van der Waals surface area contributed by atoms with E-state index in [2.05, 4.69) is 32.3 Å². The maximum atomic E-state index is 3.55. The van der Waals surface area contributed by atoms with E-state index in [9.17, 15) is 0 Å². The molecule has 2 heteroatoms. The van der Waals surface area contributed by atoms with E-state index in [4.69, 9.17) is 0 Å². The molecule has 0 aromatic heterocycles. The molecule has 0 aliphatic rings. The monoisotopic (exact) mass is 189 g/mol. The Morgan fingerprint density at radius 1 is 1.33 bits per heavy atom. The molecule has 0 aromatic rings. The maximum Gasteiger partial charge on any atom is 0.0141 e. The first-order valence-electron chi connectivity index (χ1n) is 4.96. The molecule has 0 saturated heterocycles. The highest BCUT2D eigenvalue weighted by Crippen LogP contribution is 2.04. The lowest BCUT2D eigenvalue weighted by molar-refractivity contribution is 0.498. The van der Waals surface area contributed by atoms with Crippen molar-refractivity contribution in [3.63, 3.8) is 0 Å². The SMILES string of the molecule is CCCCC(C)NCC(C)SC. The van der Waals surface area contributed by atoms with Crippen LogP contribution in [0.25, 0.3) is 0 Å². The molecule has 2 unspecified atom stereocenters. The van der Waals surface area contributed by atoms with Crippen molar-refractivity contribution in [3.05, 3.63) is 0 Å². The van der Waals surface area contributed by atoms with Crippen LogP contribution in [0.2, 0.25) is 0 Å². The van der Waals surface area contributed by atoms with Crippen molar-refractivity contribution in [2.75, 3.05) is 12.8 Å². The first kappa shape index (κ1) is 12.3. The smallest absolute Gasteiger partial charge is 0.0141 e. The lowest BCUT2D eigenvalue weighted by Crippen LogP contribution is -2.31. The topological polar surface area (TPSA) is 12.0 Å². The summed E-state index contributed by atoms with van der Waals surface area (Å²) in [6.07, 6.45) is 6.15. The minimum atomic E-state index is 0.694. The van der Waals surface area contributed by atoms with Crippen LogP contribution in [0, 0.1) is 0 Å². The van der Waals surface area contributed by atoms with Gasteiger partial charge in [0.2, 0.25) is 0 Å². The highest BCUT2D eigenvalue weighted by molar-refractivity contribution is 7.99. The van der Waals surface area contributed by atoms with Gasteiger partial charge in [-0.15, -0.1) is 0 Å². The van der Waals surface area contributed by atoms with Gasteiger partial charge < -0.3 is 5.32 Å². The number of rotatable bonds is 7. The average Bonchev–Trinajstić information content (AvgIpc) is 2.10. The molecule has 1 nitrogen and oxygen atoms in total. The van der Waals surface area contributed by atoms with E-state index < -0.39 is 0 Å². The molecule has 0 spiro atoms. The molecule has 0 bridgehead atoms. The van der Waals surface area contributed by atoms with Gasteiger partial charge in [0.25, 0.3) is 0 Å². The molecule has 0 heterocycles. The van der Waals surface area contributed by atoms with Crippen molar-refractivity contribution in [2.24, 2.45) is 0 Å². The molecule has 0 aliphatic heterocycles. The number of hydrogen-bond acceptors (Lipinski definition) is 2. The van der Waals surface area contributed by atoms with E-state index in [1.54, 1.807) is 0 Å². The molecule has 2 atom stereocenters. The van der Waals surface area contributed by atoms with Crippen molar-refractivity contribution in [3.8, 4) is 0 Å². The van der Waals surface area contributed by atoms with Gasteiger partial charge in [0.15, 0.2) is 0 Å². The van der Waals surface area contributed by atoms with Crippen molar-refractivity contribution in [1.29, 1.82) is 0 Å². The Kier molecular flexibility index (Phi) is 8.14. The Labute approximate surface area is 81.7 Å². The summed E-state index contributed by atoms with van der Waals surface area (Å²) in [5.41, 5.74) is 0. The van der Waals surface area contributed by atoms with Gasteiger partial charge in [-0.2, -0.15) is 11.8 Å². The predicted octanol–water partition coefficient (Wildman–Crippen LogP) is 2.91. The third kappa shape index (κ3) is 6.99. The fourth-order valence-corrected chi connectivity index (χ4v) is 1.33. The molecule has 12 heavy (non-hydrogen) atoms. The Balaban J connectivity index is 3.24. The second-order valence-electron chi connectivity index (χ2n) is 3.50. The van der Waals surface area contributed by atoms with Crippen molar-refractivity contribution >= 4 is 11.8 Å². The molecule has 0 radical (unpaired) electrons. The van der Waals surface area contributed by atoms with Gasteiger partial charge in [-0.3, -0.25) is 0 Å². The molecule has 0 saturated carbocycles. The van der Waals surface area contributed by atoms with Crippen LogP contribution in [0.5, 0.6) is 0 Å². The fraction of sp³-hybridized carbons (Fsp3) is 1.00. The van der Waals surface area contributed by atoms with Gasteiger partial charge in [0.1, 0.15) is 0 Å². The Morgan fingerprint density at radius 3 is 2.50 bits per heavy atom. The lowest BCUT2D eigenvalue weighted by atomic mass is 10.1. The summed E-state index contributed by atoms with van der Waals surface area (Å²) in [6.45, 7) is 7.94. The summed E-state index contributed by atoms with van der Waals surface area (Å²) in [7, 11) is 0. The Morgan fingerprint density at radius 2 is 2.00 bits per heavy atom. The highest BCUT2D eigenvalue weighted by atomic mass is 32.2. The molecule has 0 amide bonds. The molecule has 74 valence electrons.